The van der Waals surface area contributed by atoms with Gasteiger partial charge in [0.1, 0.15) is 11.6 Å². The van der Waals surface area contributed by atoms with E-state index in [1.165, 1.54) is 6.07 Å². The summed E-state index contributed by atoms with van der Waals surface area (Å²) in [6.07, 6.45) is 1.71. The average Bonchev–Trinajstić information content (AvgIpc) is 2.96. The van der Waals surface area contributed by atoms with E-state index in [0.29, 0.717) is 12.2 Å². The fourth-order valence-electron chi connectivity index (χ4n) is 2.69. The van der Waals surface area contributed by atoms with Gasteiger partial charge in [-0.1, -0.05) is 12.1 Å². The van der Waals surface area contributed by atoms with Crippen molar-refractivity contribution in [1.82, 2.24) is 4.90 Å². The number of para-hydroxylation sites is 1. The molecular weight excluding hydrogens is 269 g/mol. The summed E-state index contributed by atoms with van der Waals surface area (Å²) in [5.74, 6) is 0.791. The first-order chi connectivity index (χ1) is 10.3. The molecule has 4 nitrogen and oxygen atoms in total. The zero-order valence-corrected chi connectivity index (χ0v) is 12.0. The van der Waals surface area contributed by atoms with Crippen molar-refractivity contribution in [3.63, 3.8) is 0 Å². The van der Waals surface area contributed by atoms with Crippen LogP contribution in [0.5, 0.6) is 0 Å². The molecule has 0 aliphatic carbocycles. The number of nitrogens with zero attached hydrogens (tertiary/aromatic N) is 2. The lowest BCUT2D eigenvalue weighted by Gasteiger charge is -2.35. The third-order valence-corrected chi connectivity index (χ3v) is 3.89. The van der Waals surface area contributed by atoms with Crippen molar-refractivity contribution in [3.05, 3.63) is 53.7 Å². The first kappa shape index (κ1) is 14.1. The zero-order valence-electron chi connectivity index (χ0n) is 12.0. The van der Waals surface area contributed by atoms with Crippen molar-refractivity contribution >= 4 is 5.69 Å². The van der Waals surface area contributed by atoms with Crippen LogP contribution in [0.3, 0.4) is 0 Å². The van der Waals surface area contributed by atoms with Gasteiger partial charge in [0, 0.05) is 38.3 Å². The lowest BCUT2D eigenvalue weighted by atomic mass is 10.2. The number of anilines is 1. The lowest BCUT2D eigenvalue weighted by molar-refractivity contribution is 0.230. The highest BCUT2D eigenvalue weighted by Gasteiger charge is 2.20. The molecule has 2 N–H and O–H groups in total. The molecule has 1 fully saturated rings. The van der Waals surface area contributed by atoms with Gasteiger partial charge in [0.05, 0.1) is 18.5 Å². The van der Waals surface area contributed by atoms with E-state index < -0.39 is 0 Å². The van der Waals surface area contributed by atoms with Crippen LogP contribution in [0.25, 0.3) is 0 Å². The zero-order chi connectivity index (χ0) is 14.7. The van der Waals surface area contributed by atoms with Crippen molar-refractivity contribution in [2.45, 2.75) is 13.1 Å². The fraction of sp³-hybridized carbons (Fsp3) is 0.375. The third-order valence-electron chi connectivity index (χ3n) is 3.89. The Hall–Kier alpha value is -1.85. The molecule has 1 aromatic heterocycles. The Balaban J connectivity index is 1.56. The Morgan fingerprint density at radius 2 is 1.90 bits per heavy atom. The quantitative estimate of drug-likeness (QED) is 0.937. The number of halogens is 1. The van der Waals surface area contributed by atoms with E-state index in [1.54, 1.807) is 12.3 Å². The molecule has 0 spiro atoms. The second-order valence-electron chi connectivity index (χ2n) is 5.34. The topological polar surface area (TPSA) is 45.6 Å². The van der Waals surface area contributed by atoms with E-state index in [1.807, 2.05) is 18.2 Å². The predicted molar refractivity (Wildman–Crippen MR) is 80.5 cm³/mol. The average molecular weight is 289 g/mol. The number of piperazine rings is 1. The molecule has 0 saturated carbocycles. The highest BCUT2D eigenvalue weighted by Crippen LogP contribution is 2.21. The van der Waals surface area contributed by atoms with Crippen LogP contribution >= 0.6 is 0 Å². The van der Waals surface area contributed by atoms with Gasteiger partial charge >= 0.3 is 0 Å². The molecule has 5 heteroatoms. The maximum absolute atomic E-state index is 13.8. The molecule has 1 aliphatic rings. The van der Waals surface area contributed by atoms with Crippen LogP contribution in [-0.2, 0) is 13.1 Å². The summed E-state index contributed by atoms with van der Waals surface area (Å²) in [4.78, 5) is 4.41. The second kappa shape index (κ2) is 6.28. The summed E-state index contributed by atoms with van der Waals surface area (Å²) in [7, 11) is 0. The summed E-state index contributed by atoms with van der Waals surface area (Å²) in [5, 5.41) is 0. The van der Waals surface area contributed by atoms with Crippen LogP contribution < -0.4 is 10.6 Å². The normalized spacial score (nSPS) is 16.4. The van der Waals surface area contributed by atoms with Crippen molar-refractivity contribution in [3.8, 4) is 0 Å². The Bertz CT molecular complexity index is 591. The number of benzene rings is 1. The van der Waals surface area contributed by atoms with Gasteiger partial charge in [-0.05, 0) is 18.2 Å². The second-order valence-corrected chi connectivity index (χ2v) is 5.34. The van der Waals surface area contributed by atoms with E-state index in [-0.39, 0.29) is 5.82 Å². The molecule has 0 bridgehead atoms. The van der Waals surface area contributed by atoms with E-state index >= 15 is 0 Å². The highest BCUT2D eigenvalue weighted by molar-refractivity contribution is 5.47. The van der Waals surface area contributed by atoms with Gasteiger partial charge in [-0.3, -0.25) is 4.90 Å². The van der Waals surface area contributed by atoms with Crippen molar-refractivity contribution in [2.24, 2.45) is 5.73 Å². The van der Waals surface area contributed by atoms with Gasteiger partial charge < -0.3 is 15.1 Å². The summed E-state index contributed by atoms with van der Waals surface area (Å²) >= 11 is 0. The minimum Gasteiger partial charge on any atom is -0.468 e. The number of nitrogens with two attached hydrogens (primary N) is 1. The van der Waals surface area contributed by atoms with Gasteiger partial charge in [-0.25, -0.2) is 4.39 Å². The van der Waals surface area contributed by atoms with Crippen molar-refractivity contribution in [1.29, 1.82) is 0 Å². The Kier molecular flexibility index (Phi) is 4.22. The Labute approximate surface area is 123 Å². The Morgan fingerprint density at radius 3 is 2.57 bits per heavy atom. The van der Waals surface area contributed by atoms with E-state index in [0.717, 1.165) is 44.0 Å². The molecule has 1 aliphatic heterocycles. The van der Waals surface area contributed by atoms with E-state index in [9.17, 15) is 4.39 Å². The molecular formula is C16H20FN3O. The molecule has 2 aromatic rings. The van der Waals surface area contributed by atoms with Gasteiger partial charge in [0.15, 0.2) is 0 Å². The molecule has 1 aromatic carbocycles. The maximum Gasteiger partial charge on any atom is 0.146 e. The van der Waals surface area contributed by atoms with Crippen molar-refractivity contribution < 1.29 is 8.81 Å². The van der Waals surface area contributed by atoms with Gasteiger partial charge in [-0.15, -0.1) is 0 Å². The van der Waals surface area contributed by atoms with Crippen LogP contribution in [-0.4, -0.2) is 31.1 Å². The minimum atomic E-state index is -0.149. The first-order valence-electron chi connectivity index (χ1n) is 7.24. The number of furan rings is 1. The highest BCUT2D eigenvalue weighted by atomic mass is 19.1. The third kappa shape index (κ3) is 3.25. The number of hydrogen-bond acceptors (Lipinski definition) is 4. The summed E-state index contributed by atoms with van der Waals surface area (Å²) in [6.45, 7) is 4.73. The lowest BCUT2D eigenvalue weighted by Crippen LogP contribution is -2.46. The number of rotatable bonds is 4. The van der Waals surface area contributed by atoms with Crippen LogP contribution in [0.15, 0.2) is 41.0 Å². The number of hydrogen-bond donors (Lipinski definition) is 1. The van der Waals surface area contributed by atoms with E-state index in [2.05, 4.69) is 9.80 Å². The van der Waals surface area contributed by atoms with Crippen LogP contribution in [0, 0.1) is 5.82 Å². The van der Waals surface area contributed by atoms with Gasteiger partial charge in [-0.2, -0.15) is 0 Å². The van der Waals surface area contributed by atoms with Crippen LogP contribution in [0.4, 0.5) is 10.1 Å². The maximum atomic E-state index is 13.8. The fourth-order valence-corrected chi connectivity index (χ4v) is 2.69. The summed E-state index contributed by atoms with van der Waals surface area (Å²) < 4.78 is 19.3. The molecule has 0 atom stereocenters. The monoisotopic (exact) mass is 289 g/mol. The Morgan fingerprint density at radius 1 is 1.14 bits per heavy atom. The molecule has 0 amide bonds. The largest absolute Gasteiger partial charge is 0.468 e. The standard InChI is InChI=1S/C16H20FN3O/c17-15-3-1-2-4-16(15)20-7-5-19(6-8-20)11-14-9-13(10-18)12-21-14/h1-4,9,12H,5-8,10-11,18H2. The molecule has 3 rings (SSSR count). The van der Waals surface area contributed by atoms with E-state index in [4.69, 9.17) is 10.2 Å². The first-order valence-corrected chi connectivity index (χ1v) is 7.24. The minimum absolute atomic E-state index is 0.149. The molecule has 112 valence electrons. The molecule has 2 heterocycles. The summed E-state index contributed by atoms with van der Waals surface area (Å²) in [6, 6.07) is 8.95. The molecule has 21 heavy (non-hydrogen) atoms. The predicted octanol–water partition coefficient (Wildman–Crippen LogP) is 2.20. The van der Waals surface area contributed by atoms with Crippen LogP contribution in [0.1, 0.15) is 11.3 Å². The van der Waals surface area contributed by atoms with Gasteiger partial charge in [0.25, 0.3) is 0 Å². The molecule has 0 unspecified atom stereocenters. The van der Waals surface area contributed by atoms with Crippen LogP contribution in [0.2, 0.25) is 0 Å². The van der Waals surface area contributed by atoms with Crippen molar-refractivity contribution in [2.75, 3.05) is 31.1 Å². The summed E-state index contributed by atoms with van der Waals surface area (Å²) in [5.41, 5.74) is 7.30. The SMILES string of the molecule is NCc1coc(CN2CCN(c3ccccc3F)CC2)c1. The molecule has 1 saturated heterocycles. The smallest absolute Gasteiger partial charge is 0.146 e. The van der Waals surface area contributed by atoms with Gasteiger partial charge in [0.2, 0.25) is 0 Å². The molecule has 0 radical (unpaired) electrons.